The van der Waals surface area contributed by atoms with E-state index in [-0.39, 0.29) is 6.54 Å². The Balaban J connectivity index is 2.21. The van der Waals surface area contributed by atoms with E-state index in [1.165, 1.54) is 31.4 Å². The van der Waals surface area contributed by atoms with Gasteiger partial charge in [0.1, 0.15) is 11.6 Å². The average molecular weight is 265 g/mol. The molecule has 0 radical (unpaired) electrons. The van der Waals surface area contributed by atoms with Gasteiger partial charge < -0.3 is 14.3 Å². The Kier molecular flexibility index (Phi) is 3.70. The van der Waals surface area contributed by atoms with E-state index in [1.807, 2.05) is 0 Å². The van der Waals surface area contributed by atoms with Crippen molar-refractivity contribution in [3.05, 3.63) is 48.0 Å². The molecule has 1 amide bonds. The topological polar surface area (TPSA) is 62.9 Å². The zero-order valence-corrected chi connectivity index (χ0v) is 10.2. The lowest BCUT2D eigenvalue weighted by atomic mass is 10.3. The molecule has 1 heterocycles. The number of ether oxygens (including phenoxy) is 1. The molecule has 1 aromatic carbocycles. The normalized spacial score (nSPS) is 10.2. The van der Waals surface area contributed by atoms with Crippen LogP contribution in [-0.4, -0.2) is 18.3 Å². The molecule has 100 valence electrons. The van der Waals surface area contributed by atoms with Gasteiger partial charge in [0.25, 0.3) is 5.95 Å². The van der Waals surface area contributed by atoms with Crippen LogP contribution in [0, 0.1) is 5.82 Å². The first-order chi connectivity index (χ1) is 9.10. The van der Waals surface area contributed by atoms with E-state index in [4.69, 9.17) is 9.15 Å². The zero-order valence-electron chi connectivity index (χ0n) is 10.2. The Bertz CT molecular complexity index is 564. The number of anilines is 1. The fourth-order valence-electron chi connectivity index (χ4n) is 1.60. The second-order valence-electron chi connectivity index (χ2n) is 3.77. The van der Waals surface area contributed by atoms with Gasteiger partial charge in [0, 0.05) is 11.8 Å². The van der Waals surface area contributed by atoms with E-state index < -0.39 is 11.9 Å². The lowest BCUT2D eigenvalue weighted by molar-refractivity contribution is 0.200. The SMILES string of the molecule is COc1ccc(CN(C(=O)O)c2ccc(F)cc2)o1. The third-order valence-corrected chi connectivity index (χ3v) is 2.52. The van der Waals surface area contributed by atoms with Gasteiger partial charge in [-0.1, -0.05) is 0 Å². The van der Waals surface area contributed by atoms with Crippen molar-refractivity contribution >= 4 is 11.8 Å². The van der Waals surface area contributed by atoms with Crippen molar-refractivity contribution in [1.29, 1.82) is 0 Å². The largest absolute Gasteiger partial charge is 0.468 e. The highest BCUT2D eigenvalue weighted by atomic mass is 19.1. The molecular formula is C13H12FNO4. The van der Waals surface area contributed by atoms with E-state index in [2.05, 4.69) is 0 Å². The molecule has 0 spiro atoms. The summed E-state index contributed by atoms with van der Waals surface area (Å²) in [6.07, 6.45) is -1.15. The number of carboxylic acid groups (broad SMARTS) is 1. The Labute approximate surface area is 108 Å². The summed E-state index contributed by atoms with van der Waals surface area (Å²) in [5, 5.41) is 9.18. The van der Waals surface area contributed by atoms with Gasteiger partial charge >= 0.3 is 6.09 Å². The number of amides is 1. The molecule has 0 saturated carbocycles. The van der Waals surface area contributed by atoms with Crippen LogP contribution in [0.3, 0.4) is 0 Å². The number of furan rings is 1. The number of hydrogen-bond acceptors (Lipinski definition) is 3. The van der Waals surface area contributed by atoms with E-state index in [9.17, 15) is 14.3 Å². The summed E-state index contributed by atoms with van der Waals surface area (Å²) in [6.45, 7) is 0.0182. The van der Waals surface area contributed by atoms with E-state index in [0.717, 1.165) is 4.90 Å². The monoisotopic (exact) mass is 265 g/mol. The standard InChI is InChI=1S/C13H12FNO4/c1-18-12-7-6-11(19-12)8-15(13(16)17)10-4-2-9(14)3-5-10/h2-7H,8H2,1H3,(H,16,17). The van der Waals surface area contributed by atoms with Crippen LogP contribution in [-0.2, 0) is 6.54 Å². The Hall–Kier alpha value is -2.50. The van der Waals surface area contributed by atoms with Crippen molar-refractivity contribution in [2.75, 3.05) is 12.0 Å². The Morgan fingerprint density at radius 2 is 2.00 bits per heavy atom. The van der Waals surface area contributed by atoms with Gasteiger partial charge in [0.2, 0.25) is 0 Å². The molecule has 5 nitrogen and oxygen atoms in total. The molecular weight excluding hydrogens is 253 g/mol. The molecule has 0 fully saturated rings. The first-order valence-corrected chi connectivity index (χ1v) is 5.49. The molecule has 0 aliphatic carbocycles. The number of halogens is 1. The zero-order chi connectivity index (χ0) is 13.8. The smallest absolute Gasteiger partial charge is 0.412 e. The van der Waals surface area contributed by atoms with E-state index >= 15 is 0 Å². The van der Waals surface area contributed by atoms with Gasteiger partial charge in [0.05, 0.1) is 13.7 Å². The van der Waals surface area contributed by atoms with Crippen molar-refractivity contribution in [3.63, 3.8) is 0 Å². The molecule has 6 heteroatoms. The molecule has 0 bridgehead atoms. The molecule has 0 aliphatic rings. The molecule has 2 rings (SSSR count). The second-order valence-corrected chi connectivity index (χ2v) is 3.77. The summed E-state index contributed by atoms with van der Waals surface area (Å²) in [5.74, 6) is 0.316. The summed E-state index contributed by atoms with van der Waals surface area (Å²) in [7, 11) is 1.46. The van der Waals surface area contributed by atoms with Crippen LogP contribution in [0.5, 0.6) is 5.95 Å². The minimum atomic E-state index is -1.15. The number of methoxy groups -OCH3 is 1. The fraction of sp³-hybridized carbons (Fsp3) is 0.154. The van der Waals surface area contributed by atoms with Gasteiger partial charge in [0.15, 0.2) is 0 Å². The van der Waals surface area contributed by atoms with E-state index in [1.54, 1.807) is 12.1 Å². The van der Waals surface area contributed by atoms with Gasteiger partial charge in [-0.3, -0.25) is 4.90 Å². The maximum absolute atomic E-state index is 12.8. The summed E-state index contributed by atoms with van der Waals surface area (Å²) >= 11 is 0. The maximum atomic E-state index is 12.8. The summed E-state index contributed by atoms with van der Waals surface area (Å²) in [4.78, 5) is 12.3. The predicted octanol–water partition coefficient (Wildman–Crippen LogP) is 3.11. The van der Waals surface area contributed by atoms with Crippen molar-refractivity contribution in [1.82, 2.24) is 0 Å². The molecule has 1 aromatic heterocycles. The molecule has 0 aliphatic heterocycles. The fourth-order valence-corrected chi connectivity index (χ4v) is 1.60. The number of hydrogen-bond donors (Lipinski definition) is 1. The predicted molar refractivity (Wildman–Crippen MR) is 65.9 cm³/mol. The molecule has 1 N–H and O–H groups in total. The molecule has 0 saturated heterocycles. The van der Waals surface area contributed by atoms with Gasteiger partial charge in [-0.25, -0.2) is 9.18 Å². The summed E-state index contributed by atoms with van der Waals surface area (Å²) in [6, 6.07) is 8.41. The van der Waals surface area contributed by atoms with Crippen LogP contribution in [0.25, 0.3) is 0 Å². The van der Waals surface area contributed by atoms with Crippen LogP contribution in [0.4, 0.5) is 14.9 Å². The van der Waals surface area contributed by atoms with Crippen molar-refractivity contribution in [2.45, 2.75) is 6.54 Å². The number of benzene rings is 1. The maximum Gasteiger partial charge on any atom is 0.412 e. The van der Waals surface area contributed by atoms with Crippen LogP contribution in [0.2, 0.25) is 0 Å². The molecule has 0 atom stereocenters. The molecule has 2 aromatic rings. The average Bonchev–Trinajstić information content (AvgIpc) is 2.85. The lowest BCUT2D eigenvalue weighted by Crippen LogP contribution is -2.28. The number of nitrogens with zero attached hydrogens (tertiary/aromatic N) is 1. The molecule has 0 unspecified atom stereocenters. The minimum Gasteiger partial charge on any atom is -0.468 e. The second kappa shape index (κ2) is 5.43. The van der Waals surface area contributed by atoms with Crippen LogP contribution < -0.4 is 9.64 Å². The quantitative estimate of drug-likeness (QED) is 0.922. The highest BCUT2D eigenvalue weighted by molar-refractivity contribution is 5.85. The van der Waals surface area contributed by atoms with Crippen LogP contribution >= 0.6 is 0 Å². The molecule has 19 heavy (non-hydrogen) atoms. The number of rotatable bonds is 4. The summed E-state index contributed by atoms with van der Waals surface area (Å²) < 4.78 is 23.0. The van der Waals surface area contributed by atoms with Gasteiger partial charge in [-0.2, -0.15) is 0 Å². The lowest BCUT2D eigenvalue weighted by Gasteiger charge is -2.17. The third-order valence-electron chi connectivity index (χ3n) is 2.52. The van der Waals surface area contributed by atoms with Crippen molar-refractivity contribution in [3.8, 4) is 5.95 Å². The third kappa shape index (κ3) is 3.04. The minimum absolute atomic E-state index is 0.0182. The van der Waals surface area contributed by atoms with Gasteiger partial charge in [-0.05, 0) is 30.3 Å². The van der Waals surface area contributed by atoms with E-state index in [0.29, 0.717) is 17.4 Å². The first-order valence-electron chi connectivity index (χ1n) is 5.49. The van der Waals surface area contributed by atoms with Crippen LogP contribution in [0.1, 0.15) is 5.76 Å². The number of carbonyl (C=O) groups is 1. The van der Waals surface area contributed by atoms with Gasteiger partial charge in [-0.15, -0.1) is 0 Å². The summed E-state index contributed by atoms with van der Waals surface area (Å²) in [5.41, 5.74) is 0.365. The Morgan fingerprint density at radius 3 is 2.53 bits per heavy atom. The highest BCUT2D eigenvalue weighted by Crippen LogP contribution is 2.21. The van der Waals surface area contributed by atoms with Crippen molar-refractivity contribution in [2.24, 2.45) is 0 Å². The highest BCUT2D eigenvalue weighted by Gasteiger charge is 2.17. The van der Waals surface area contributed by atoms with Crippen molar-refractivity contribution < 1.29 is 23.4 Å². The Morgan fingerprint density at radius 1 is 1.32 bits per heavy atom. The van der Waals surface area contributed by atoms with Crippen LogP contribution in [0.15, 0.2) is 40.8 Å². The first kappa shape index (κ1) is 12.9.